The minimum atomic E-state index is 0.654. The van der Waals surface area contributed by atoms with Crippen LogP contribution in [0, 0.1) is 0 Å². The van der Waals surface area contributed by atoms with Crippen LogP contribution in [0.2, 0.25) is 0 Å². The van der Waals surface area contributed by atoms with E-state index >= 15 is 0 Å². The zero-order valence-corrected chi connectivity index (χ0v) is 21.6. The number of rotatable bonds is 5. The molecule has 0 atom stereocenters. The van der Waals surface area contributed by atoms with Gasteiger partial charge in [-0.15, -0.1) is 0 Å². The number of hydrogen-bond acceptors (Lipinski definition) is 4. The number of fused-ring (bicyclic) bond motifs is 1. The second kappa shape index (κ2) is 10.4. The molecule has 40 heavy (non-hydrogen) atoms. The van der Waals surface area contributed by atoms with E-state index in [2.05, 4.69) is 71.7 Å². The second-order valence-corrected chi connectivity index (χ2v) is 9.63. The lowest BCUT2D eigenvalue weighted by atomic mass is 9.98. The molecule has 0 aliphatic heterocycles. The molecule has 0 radical (unpaired) electrons. The molecule has 0 N–H and O–H groups in total. The van der Waals surface area contributed by atoms with E-state index < -0.39 is 0 Å². The number of benzene rings is 5. The Morgan fingerprint density at radius 3 is 1.38 bits per heavy atom. The Kier molecular flexibility index (Phi) is 6.11. The lowest BCUT2D eigenvalue weighted by Gasteiger charge is -2.10. The highest BCUT2D eigenvalue weighted by Crippen LogP contribution is 2.30. The van der Waals surface area contributed by atoms with Gasteiger partial charge in [-0.25, -0.2) is 15.0 Å². The van der Waals surface area contributed by atoms with Crippen molar-refractivity contribution < 1.29 is 0 Å². The molecule has 0 spiro atoms. The highest BCUT2D eigenvalue weighted by Gasteiger charge is 2.13. The molecule has 2 aromatic heterocycles. The van der Waals surface area contributed by atoms with Crippen molar-refractivity contribution in [3.05, 3.63) is 146 Å². The SMILES string of the molecule is c1ccc(-c2nc(-c3ccccc3)nc(-c3ccc4ccc(-c5ccc(-c6cccnc6)cc5)cc4c3)n2)cc1. The van der Waals surface area contributed by atoms with Gasteiger partial charge in [-0.05, 0) is 51.2 Å². The van der Waals surface area contributed by atoms with Crippen LogP contribution < -0.4 is 0 Å². The van der Waals surface area contributed by atoms with Crippen molar-refractivity contribution in [2.75, 3.05) is 0 Å². The van der Waals surface area contributed by atoms with Crippen molar-refractivity contribution in [3.8, 4) is 56.4 Å². The van der Waals surface area contributed by atoms with Crippen LogP contribution in [0.25, 0.3) is 67.2 Å². The second-order valence-electron chi connectivity index (χ2n) is 9.63. The van der Waals surface area contributed by atoms with Gasteiger partial charge in [0.25, 0.3) is 0 Å². The van der Waals surface area contributed by atoms with Crippen molar-refractivity contribution in [2.24, 2.45) is 0 Å². The number of pyridine rings is 1. The molecular formula is C36H24N4. The molecule has 0 aliphatic carbocycles. The molecule has 0 unspecified atom stereocenters. The largest absolute Gasteiger partial charge is 0.264 e. The number of hydrogen-bond donors (Lipinski definition) is 0. The summed E-state index contributed by atoms with van der Waals surface area (Å²) in [6.07, 6.45) is 3.68. The Bertz CT molecular complexity index is 1860. The fourth-order valence-corrected chi connectivity index (χ4v) is 4.89. The maximum Gasteiger partial charge on any atom is 0.164 e. The molecule has 0 amide bonds. The van der Waals surface area contributed by atoms with E-state index in [4.69, 9.17) is 15.0 Å². The standard InChI is InChI=1S/C36H24N4/c1-3-8-28(9-4-1)34-38-35(29-10-5-2-6-11-29)40-36(39-34)31-20-18-27-17-19-30(22-33(27)23-31)25-13-15-26(16-14-25)32-12-7-21-37-24-32/h1-24H. The van der Waals surface area contributed by atoms with Gasteiger partial charge in [0, 0.05) is 29.1 Å². The van der Waals surface area contributed by atoms with Crippen LogP contribution >= 0.6 is 0 Å². The predicted octanol–water partition coefficient (Wildman–Crippen LogP) is 8.75. The van der Waals surface area contributed by atoms with Crippen molar-refractivity contribution in [3.63, 3.8) is 0 Å². The molecular weight excluding hydrogens is 488 g/mol. The van der Waals surface area contributed by atoms with Crippen LogP contribution in [0.1, 0.15) is 0 Å². The molecule has 4 heteroatoms. The highest BCUT2D eigenvalue weighted by atomic mass is 15.0. The van der Waals surface area contributed by atoms with Crippen LogP contribution in [-0.2, 0) is 0 Å². The molecule has 188 valence electrons. The summed E-state index contributed by atoms with van der Waals surface area (Å²) in [7, 11) is 0. The van der Waals surface area contributed by atoms with Crippen LogP contribution in [0.15, 0.2) is 146 Å². The Morgan fingerprint density at radius 1 is 0.325 bits per heavy atom. The van der Waals surface area contributed by atoms with Gasteiger partial charge >= 0.3 is 0 Å². The monoisotopic (exact) mass is 512 g/mol. The molecule has 0 aliphatic rings. The summed E-state index contributed by atoms with van der Waals surface area (Å²) in [5.41, 5.74) is 7.46. The van der Waals surface area contributed by atoms with Crippen LogP contribution in [-0.4, -0.2) is 19.9 Å². The minimum absolute atomic E-state index is 0.654. The van der Waals surface area contributed by atoms with E-state index in [1.807, 2.05) is 72.9 Å². The summed E-state index contributed by atoms with van der Waals surface area (Å²) in [5, 5.41) is 2.30. The van der Waals surface area contributed by atoms with Crippen molar-refractivity contribution in [1.82, 2.24) is 19.9 Å². The van der Waals surface area contributed by atoms with Gasteiger partial charge in [-0.2, -0.15) is 0 Å². The lowest BCUT2D eigenvalue weighted by molar-refractivity contribution is 1.07. The Morgan fingerprint density at radius 2 is 0.800 bits per heavy atom. The molecule has 0 fully saturated rings. The maximum absolute atomic E-state index is 4.90. The number of aromatic nitrogens is 4. The molecule has 0 saturated carbocycles. The Labute approximate surface area is 232 Å². The van der Waals surface area contributed by atoms with Crippen LogP contribution in [0.3, 0.4) is 0 Å². The van der Waals surface area contributed by atoms with Crippen molar-refractivity contribution in [1.29, 1.82) is 0 Å². The maximum atomic E-state index is 4.90. The molecule has 7 rings (SSSR count). The summed E-state index contributed by atoms with van der Waals surface area (Å²) >= 11 is 0. The normalized spacial score (nSPS) is 11.0. The predicted molar refractivity (Wildman–Crippen MR) is 162 cm³/mol. The van der Waals surface area contributed by atoms with E-state index in [-0.39, 0.29) is 0 Å². The summed E-state index contributed by atoms with van der Waals surface area (Å²) in [6, 6.07) is 45.7. The first-order valence-electron chi connectivity index (χ1n) is 13.2. The molecule has 4 nitrogen and oxygen atoms in total. The molecule has 0 bridgehead atoms. The van der Waals surface area contributed by atoms with Gasteiger partial charge < -0.3 is 0 Å². The van der Waals surface area contributed by atoms with E-state index in [0.29, 0.717) is 17.5 Å². The first kappa shape index (κ1) is 23.6. The van der Waals surface area contributed by atoms with Crippen molar-refractivity contribution >= 4 is 10.8 Å². The quantitative estimate of drug-likeness (QED) is 0.231. The average Bonchev–Trinajstić information content (AvgIpc) is 3.05. The zero-order valence-electron chi connectivity index (χ0n) is 21.6. The van der Waals surface area contributed by atoms with Gasteiger partial charge in [0.15, 0.2) is 17.5 Å². The summed E-state index contributed by atoms with van der Waals surface area (Å²) in [6.45, 7) is 0. The molecule has 2 heterocycles. The van der Waals surface area contributed by atoms with Gasteiger partial charge in [-0.3, -0.25) is 4.98 Å². The Balaban J connectivity index is 1.29. The lowest BCUT2D eigenvalue weighted by Crippen LogP contribution is -2.00. The summed E-state index contributed by atoms with van der Waals surface area (Å²) in [5.74, 6) is 1.97. The first-order chi connectivity index (χ1) is 19.8. The van der Waals surface area contributed by atoms with Crippen molar-refractivity contribution in [2.45, 2.75) is 0 Å². The van der Waals surface area contributed by atoms with Crippen LogP contribution in [0.4, 0.5) is 0 Å². The fourth-order valence-electron chi connectivity index (χ4n) is 4.89. The zero-order chi connectivity index (χ0) is 26.7. The molecule has 0 saturated heterocycles. The fraction of sp³-hybridized carbons (Fsp3) is 0. The van der Waals surface area contributed by atoms with Gasteiger partial charge in [-0.1, -0.05) is 115 Å². The third-order valence-corrected chi connectivity index (χ3v) is 7.01. The first-order valence-corrected chi connectivity index (χ1v) is 13.2. The van der Waals surface area contributed by atoms with Gasteiger partial charge in [0.05, 0.1) is 0 Å². The van der Waals surface area contributed by atoms with E-state index in [0.717, 1.165) is 44.3 Å². The number of nitrogens with zero attached hydrogens (tertiary/aromatic N) is 4. The van der Waals surface area contributed by atoms with Gasteiger partial charge in [0.1, 0.15) is 0 Å². The van der Waals surface area contributed by atoms with Gasteiger partial charge in [0.2, 0.25) is 0 Å². The van der Waals surface area contributed by atoms with E-state index in [9.17, 15) is 0 Å². The minimum Gasteiger partial charge on any atom is -0.264 e. The molecule has 7 aromatic rings. The average molecular weight is 513 g/mol. The summed E-state index contributed by atoms with van der Waals surface area (Å²) < 4.78 is 0. The summed E-state index contributed by atoms with van der Waals surface area (Å²) in [4.78, 5) is 18.9. The smallest absolute Gasteiger partial charge is 0.164 e. The molecule has 5 aromatic carbocycles. The Hall–Kier alpha value is -5.48. The topological polar surface area (TPSA) is 51.6 Å². The third-order valence-electron chi connectivity index (χ3n) is 7.01. The van der Waals surface area contributed by atoms with E-state index in [1.54, 1.807) is 6.20 Å². The third kappa shape index (κ3) is 4.74. The highest BCUT2D eigenvalue weighted by molar-refractivity contribution is 5.90. The van der Waals surface area contributed by atoms with E-state index in [1.165, 1.54) is 5.39 Å². The van der Waals surface area contributed by atoms with Crippen LogP contribution in [0.5, 0.6) is 0 Å².